The summed E-state index contributed by atoms with van der Waals surface area (Å²) in [4.78, 5) is 13.8. The molecule has 0 radical (unpaired) electrons. The zero-order valence-corrected chi connectivity index (χ0v) is 17.1. The molecule has 5 nitrogen and oxygen atoms in total. The standard InChI is InChI=1S/C21H29N3O2S/c1-14(2)21(19-4-3-11-27-19)22-20(25)8-7-17-16-13-26-10-9-18(16)24(23-17)12-15-5-6-15/h3-4,11,14-15,21H,5-10,12-13H2,1-2H3,(H,22,25). The molecule has 0 spiro atoms. The Labute approximate surface area is 165 Å². The first kappa shape index (κ1) is 18.7. The molecule has 2 aromatic rings. The molecular weight excluding hydrogens is 358 g/mol. The summed E-state index contributed by atoms with van der Waals surface area (Å²) in [6.45, 7) is 6.75. The van der Waals surface area contributed by atoms with E-state index in [1.807, 2.05) is 6.07 Å². The first-order valence-corrected chi connectivity index (χ1v) is 11.0. The Morgan fingerprint density at radius 3 is 3.00 bits per heavy atom. The number of amides is 1. The van der Waals surface area contributed by atoms with Crippen LogP contribution < -0.4 is 5.32 Å². The zero-order valence-electron chi connectivity index (χ0n) is 16.2. The monoisotopic (exact) mass is 387 g/mol. The highest BCUT2D eigenvalue weighted by molar-refractivity contribution is 7.10. The molecule has 6 heteroatoms. The third-order valence-corrected chi connectivity index (χ3v) is 6.48. The molecule has 2 aromatic heterocycles. The van der Waals surface area contributed by atoms with E-state index in [-0.39, 0.29) is 11.9 Å². The quantitative estimate of drug-likeness (QED) is 0.748. The number of nitrogens with zero attached hydrogens (tertiary/aromatic N) is 2. The summed E-state index contributed by atoms with van der Waals surface area (Å²) in [7, 11) is 0. The molecule has 4 rings (SSSR count). The molecule has 1 atom stereocenters. The highest BCUT2D eigenvalue weighted by Gasteiger charge is 2.27. The lowest BCUT2D eigenvalue weighted by Gasteiger charge is -2.21. The summed E-state index contributed by atoms with van der Waals surface area (Å²) in [5.41, 5.74) is 3.62. The van der Waals surface area contributed by atoms with Crippen molar-refractivity contribution in [2.45, 2.75) is 65.1 Å². The number of nitrogens with one attached hydrogen (secondary N) is 1. The minimum absolute atomic E-state index is 0.0853. The van der Waals surface area contributed by atoms with Crippen LogP contribution in [-0.4, -0.2) is 22.3 Å². The second-order valence-corrected chi connectivity index (χ2v) is 9.08. The summed E-state index contributed by atoms with van der Waals surface area (Å²) >= 11 is 1.70. The largest absolute Gasteiger partial charge is 0.376 e. The lowest BCUT2D eigenvalue weighted by molar-refractivity contribution is -0.122. The van der Waals surface area contributed by atoms with Gasteiger partial charge in [0.25, 0.3) is 0 Å². The number of aromatic nitrogens is 2. The van der Waals surface area contributed by atoms with Gasteiger partial charge in [0, 0.05) is 41.9 Å². The van der Waals surface area contributed by atoms with E-state index in [0.29, 0.717) is 25.4 Å². The molecule has 1 aliphatic heterocycles. The predicted molar refractivity (Wildman–Crippen MR) is 107 cm³/mol. The van der Waals surface area contributed by atoms with Crippen molar-refractivity contribution in [3.05, 3.63) is 39.3 Å². The highest BCUT2D eigenvalue weighted by Crippen LogP contribution is 2.32. The average molecular weight is 388 g/mol. The normalized spacial score (nSPS) is 17.7. The molecule has 1 fully saturated rings. The molecule has 1 aliphatic carbocycles. The van der Waals surface area contributed by atoms with Crippen LogP contribution in [0.4, 0.5) is 0 Å². The van der Waals surface area contributed by atoms with Gasteiger partial charge in [-0.05, 0) is 36.1 Å². The Morgan fingerprint density at radius 1 is 1.44 bits per heavy atom. The average Bonchev–Trinajstić information content (AvgIpc) is 3.18. The van der Waals surface area contributed by atoms with Crippen molar-refractivity contribution in [2.75, 3.05) is 6.61 Å². The molecule has 3 heterocycles. The van der Waals surface area contributed by atoms with Crippen LogP contribution in [0.15, 0.2) is 17.5 Å². The van der Waals surface area contributed by atoms with E-state index >= 15 is 0 Å². The van der Waals surface area contributed by atoms with Crippen LogP contribution in [0, 0.1) is 11.8 Å². The molecular formula is C21H29N3O2S. The molecule has 0 bridgehead atoms. The second-order valence-electron chi connectivity index (χ2n) is 8.10. The predicted octanol–water partition coefficient (Wildman–Crippen LogP) is 3.87. The van der Waals surface area contributed by atoms with Gasteiger partial charge in [-0.3, -0.25) is 9.48 Å². The number of ether oxygens (including phenoxy) is 1. The second kappa shape index (κ2) is 8.15. The van der Waals surface area contributed by atoms with Crippen molar-refractivity contribution in [3.63, 3.8) is 0 Å². The Bertz CT molecular complexity index is 778. The number of fused-ring (bicyclic) bond motifs is 1. The number of hydrogen-bond acceptors (Lipinski definition) is 4. The lowest BCUT2D eigenvalue weighted by Crippen LogP contribution is -2.31. The van der Waals surface area contributed by atoms with Gasteiger partial charge in [0.2, 0.25) is 5.91 Å². The maximum Gasteiger partial charge on any atom is 0.220 e. The Morgan fingerprint density at radius 2 is 2.30 bits per heavy atom. The molecule has 1 saturated carbocycles. The van der Waals surface area contributed by atoms with Crippen LogP contribution in [0.1, 0.15) is 61.0 Å². The van der Waals surface area contributed by atoms with Crippen molar-refractivity contribution in [3.8, 4) is 0 Å². The van der Waals surface area contributed by atoms with Gasteiger partial charge < -0.3 is 10.1 Å². The molecule has 1 unspecified atom stereocenters. The van der Waals surface area contributed by atoms with Crippen molar-refractivity contribution in [1.82, 2.24) is 15.1 Å². The first-order chi connectivity index (χ1) is 13.1. The summed E-state index contributed by atoms with van der Waals surface area (Å²) < 4.78 is 7.87. The molecule has 0 aromatic carbocycles. The van der Waals surface area contributed by atoms with Crippen molar-refractivity contribution >= 4 is 17.2 Å². The SMILES string of the molecule is CC(C)C(NC(=O)CCc1nn(CC2CC2)c2c1COCC2)c1cccs1. The van der Waals surface area contributed by atoms with E-state index in [2.05, 4.69) is 35.3 Å². The van der Waals surface area contributed by atoms with Gasteiger partial charge in [-0.2, -0.15) is 5.10 Å². The fourth-order valence-corrected chi connectivity index (χ4v) is 4.74. The zero-order chi connectivity index (χ0) is 18.8. The smallest absolute Gasteiger partial charge is 0.220 e. The third kappa shape index (κ3) is 4.43. The number of hydrogen-bond donors (Lipinski definition) is 1. The summed E-state index contributed by atoms with van der Waals surface area (Å²) in [5, 5.41) is 10.2. The molecule has 27 heavy (non-hydrogen) atoms. The number of carbonyl (C=O) groups excluding carboxylic acids is 1. The minimum Gasteiger partial charge on any atom is -0.376 e. The van der Waals surface area contributed by atoms with Crippen LogP contribution in [0.25, 0.3) is 0 Å². The number of aryl methyl sites for hydroxylation is 1. The summed E-state index contributed by atoms with van der Waals surface area (Å²) in [6, 6.07) is 4.23. The lowest BCUT2D eigenvalue weighted by atomic mass is 10.0. The van der Waals surface area contributed by atoms with Crippen molar-refractivity contribution in [1.29, 1.82) is 0 Å². The van der Waals surface area contributed by atoms with Gasteiger partial charge in [-0.15, -0.1) is 11.3 Å². The van der Waals surface area contributed by atoms with Crippen LogP contribution in [-0.2, 0) is 35.5 Å². The van der Waals surface area contributed by atoms with E-state index in [1.54, 1.807) is 11.3 Å². The maximum atomic E-state index is 12.6. The Balaban J connectivity index is 1.40. The van der Waals surface area contributed by atoms with E-state index in [4.69, 9.17) is 9.84 Å². The van der Waals surface area contributed by atoms with Crippen LogP contribution in [0.2, 0.25) is 0 Å². The number of carbonyl (C=O) groups is 1. The van der Waals surface area contributed by atoms with Crippen molar-refractivity contribution in [2.24, 2.45) is 11.8 Å². The first-order valence-electron chi connectivity index (χ1n) is 10.1. The van der Waals surface area contributed by atoms with Gasteiger partial charge in [0.05, 0.1) is 24.9 Å². The van der Waals surface area contributed by atoms with Gasteiger partial charge in [0.1, 0.15) is 0 Å². The Hall–Kier alpha value is -1.66. The van der Waals surface area contributed by atoms with Gasteiger partial charge in [-0.1, -0.05) is 19.9 Å². The molecule has 0 saturated heterocycles. The molecule has 1 amide bonds. The van der Waals surface area contributed by atoms with Crippen LogP contribution >= 0.6 is 11.3 Å². The van der Waals surface area contributed by atoms with Crippen LogP contribution in [0.5, 0.6) is 0 Å². The van der Waals surface area contributed by atoms with E-state index in [1.165, 1.54) is 29.0 Å². The summed E-state index contributed by atoms with van der Waals surface area (Å²) in [5.74, 6) is 1.27. The van der Waals surface area contributed by atoms with Crippen LogP contribution in [0.3, 0.4) is 0 Å². The Kier molecular flexibility index (Phi) is 5.64. The minimum atomic E-state index is 0.0853. The third-order valence-electron chi connectivity index (χ3n) is 5.53. The number of thiophene rings is 1. The highest BCUT2D eigenvalue weighted by atomic mass is 32.1. The fourth-order valence-electron chi connectivity index (χ4n) is 3.79. The van der Waals surface area contributed by atoms with Gasteiger partial charge in [0.15, 0.2) is 0 Å². The van der Waals surface area contributed by atoms with Gasteiger partial charge >= 0.3 is 0 Å². The topological polar surface area (TPSA) is 56.2 Å². The maximum absolute atomic E-state index is 12.6. The fraction of sp³-hybridized carbons (Fsp3) is 0.619. The van der Waals surface area contributed by atoms with E-state index in [0.717, 1.165) is 31.2 Å². The molecule has 2 aliphatic rings. The number of rotatable bonds is 8. The van der Waals surface area contributed by atoms with Crippen molar-refractivity contribution < 1.29 is 9.53 Å². The summed E-state index contributed by atoms with van der Waals surface area (Å²) in [6.07, 6.45) is 4.74. The van der Waals surface area contributed by atoms with E-state index in [9.17, 15) is 4.79 Å². The molecule has 146 valence electrons. The van der Waals surface area contributed by atoms with Gasteiger partial charge in [-0.25, -0.2) is 0 Å². The van der Waals surface area contributed by atoms with E-state index < -0.39 is 0 Å². The molecule has 1 N–H and O–H groups in total.